The lowest BCUT2D eigenvalue weighted by atomic mass is 10.0. The van der Waals surface area contributed by atoms with E-state index in [4.69, 9.17) is 24.2 Å². The Labute approximate surface area is 234 Å². The number of rotatable bonds is 19. The van der Waals surface area contributed by atoms with E-state index in [1.165, 1.54) is 0 Å². The summed E-state index contributed by atoms with van der Waals surface area (Å²) in [6, 6.07) is 14.7. The molecular weight excluding hydrogens is 520 g/mol. The highest BCUT2D eigenvalue weighted by Gasteiger charge is 2.19. The topological polar surface area (TPSA) is 141 Å². The number of aryl methyl sites for hydroxylation is 2. The molecule has 0 aliphatic heterocycles. The maximum atomic E-state index is 12.4. The molecule has 0 heterocycles. The molecule has 0 saturated carbocycles. The molecule has 40 heavy (non-hydrogen) atoms. The number of benzene rings is 2. The molecule has 0 aromatic heterocycles. The van der Waals surface area contributed by atoms with Crippen molar-refractivity contribution in [1.29, 1.82) is 0 Å². The van der Waals surface area contributed by atoms with Crippen LogP contribution in [0.4, 0.5) is 0 Å². The summed E-state index contributed by atoms with van der Waals surface area (Å²) in [7, 11) is 5.33. The molecule has 0 bridgehead atoms. The maximum Gasteiger partial charge on any atom is 0.325 e. The minimum absolute atomic E-state index is 0.0372. The fourth-order valence-corrected chi connectivity index (χ4v) is 3.75. The Morgan fingerprint density at radius 3 is 2.45 bits per heavy atom. The first-order valence-electron chi connectivity index (χ1n) is 13.0. The normalized spacial score (nSPS) is 12.3. The SMILES string of the molecule is COc1cccc(CCc2ccccc2OCC(CN(C)C)OC(=O)CCC(=O)ON[C@H](C=O)CCC(=O)O)c1. The largest absolute Gasteiger partial charge is 0.497 e. The minimum atomic E-state index is -1.07. The summed E-state index contributed by atoms with van der Waals surface area (Å²) in [5, 5.41) is 8.69. The van der Waals surface area contributed by atoms with Gasteiger partial charge in [0.15, 0.2) is 0 Å². The van der Waals surface area contributed by atoms with Gasteiger partial charge in [-0.2, -0.15) is 0 Å². The number of carbonyl (C=O) groups excluding carboxylic acids is 3. The molecule has 2 rings (SSSR count). The third-order valence-corrected chi connectivity index (χ3v) is 5.77. The Bertz CT molecular complexity index is 1110. The number of ether oxygens (including phenoxy) is 3. The van der Waals surface area contributed by atoms with Crippen molar-refractivity contribution in [3.05, 3.63) is 59.7 Å². The van der Waals surface area contributed by atoms with Crippen LogP contribution in [0.1, 0.15) is 36.8 Å². The number of para-hydroxylation sites is 1. The number of esters is 1. The van der Waals surface area contributed by atoms with Gasteiger partial charge in [0.05, 0.1) is 26.0 Å². The summed E-state index contributed by atoms with van der Waals surface area (Å²) in [5.41, 5.74) is 4.38. The maximum absolute atomic E-state index is 12.4. The molecule has 0 aliphatic carbocycles. The van der Waals surface area contributed by atoms with Crippen molar-refractivity contribution in [2.24, 2.45) is 0 Å². The van der Waals surface area contributed by atoms with Gasteiger partial charge >= 0.3 is 17.9 Å². The van der Waals surface area contributed by atoms with E-state index >= 15 is 0 Å². The average Bonchev–Trinajstić information content (AvgIpc) is 2.93. The molecule has 11 heteroatoms. The molecule has 0 aliphatic rings. The van der Waals surface area contributed by atoms with Crippen LogP contribution in [0.5, 0.6) is 11.5 Å². The number of nitrogens with zero attached hydrogens (tertiary/aromatic N) is 1. The number of aldehydes is 1. The van der Waals surface area contributed by atoms with Crippen LogP contribution in [0.3, 0.4) is 0 Å². The van der Waals surface area contributed by atoms with Crippen molar-refractivity contribution < 1.29 is 43.3 Å². The van der Waals surface area contributed by atoms with Crippen molar-refractivity contribution in [2.45, 2.75) is 50.7 Å². The zero-order valence-electron chi connectivity index (χ0n) is 23.2. The van der Waals surface area contributed by atoms with Gasteiger partial charge in [-0.25, -0.2) is 0 Å². The first-order valence-corrected chi connectivity index (χ1v) is 13.0. The molecule has 11 nitrogen and oxygen atoms in total. The quantitative estimate of drug-likeness (QED) is 0.149. The highest BCUT2D eigenvalue weighted by atomic mass is 16.7. The summed E-state index contributed by atoms with van der Waals surface area (Å²) < 4.78 is 16.9. The zero-order valence-corrected chi connectivity index (χ0v) is 23.2. The molecule has 0 saturated heterocycles. The lowest BCUT2D eigenvalue weighted by Crippen LogP contribution is -2.35. The molecule has 1 unspecified atom stereocenters. The van der Waals surface area contributed by atoms with Crippen LogP contribution in [-0.4, -0.2) is 80.7 Å². The Morgan fingerprint density at radius 1 is 1.00 bits per heavy atom. The number of likely N-dealkylation sites (N-methyl/N-ethyl adjacent to an activating group) is 1. The smallest absolute Gasteiger partial charge is 0.325 e. The van der Waals surface area contributed by atoms with Crippen LogP contribution in [0.25, 0.3) is 0 Å². The van der Waals surface area contributed by atoms with Crippen LogP contribution in [0.15, 0.2) is 48.5 Å². The summed E-state index contributed by atoms with van der Waals surface area (Å²) in [6.07, 6.45) is 0.602. The van der Waals surface area contributed by atoms with Gasteiger partial charge < -0.3 is 33.8 Å². The highest BCUT2D eigenvalue weighted by Crippen LogP contribution is 2.22. The van der Waals surface area contributed by atoms with Crippen molar-refractivity contribution >= 4 is 24.2 Å². The van der Waals surface area contributed by atoms with Crippen molar-refractivity contribution in [3.63, 3.8) is 0 Å². The molecule has 2 atom stereocenters. The Morgan fingerprint density at radius 2 is 1.75 bits per heavy atom. The highest BCUT2D eigenvalue weighted by molar-refractivity contribution is 5.77. The first-order chi connectivity index (χ1) is 19.2. The molecule has 0 amide bonds. The van der Waals surface area contributed by atoms with Crippen molar-refractivity contribution in [3.8, 4) is 11.5 Å². The predicted octanol–water partition coefficient (Wildman–Crippen LogP) is 2.59. The van der Waals surface area contributed by atoms with Crippen molar-refractivity contribution in [1.82, 2.24) is 10.4 Å². The molecule has 2 aromatic rings. The molecule has 2 N–H and O–H groups in total. The van der Waals surface area contributed by atoms with E-state index in [9.17, 15) is 19.2 Å². The second kappa shape index (κ2) is 17.6. The van der Waals surface area contributed by atoms with E-state index in [0.29, 0.717) is 18.6 Å². The summed E-state index contributed by atoms with van der Waals surface area (Å²) in [5.74, 6) is -0.940. The third-order valence-electron chi connectivity index (χ3n) is 5.77. The van der Waals surface area contributed by atoms with Crippen molar-refractivity contribution in [2.75, 3.05) is 34.4 Å². The number of aliphatic carboxylic acids is 1. The second-order valence-electron chi connectivity index (χ2n) is 9.41. The summed E-state index contributed by atoms with van der Waals surface area (Å²) in [6.45, 7) is 0.533. The molecule has 0 spiro atoms. The average molecular weight is 559 g/mol. The van der Waals surface area contributed by atoms with E-state index in [1.807, 2.05) is 67.5 Å². The van der Waals surface area contributed by atoms with E-state index in [-0.39, 0.29) is 32.3 Å². The number of carboxylic acid groups (broad SMARTS) is 1. The number of nitrogens with one attached hydrogen (secondary N) is 1. The fourth-order valence-electron chi connectivity index (χ4n) is 3.75. The van der Waals surface area contributed by atoms with Gasteiger partial charge in [0, 0.05) is 13.0 Å². The molecule has 0 fully saturated rings. The van der Waals surface area contributed by atoms with Gasteiger partial charge in [0.2, 0.25) is 0 Å². The predicted molar refractivity (Wildman–Crippen MR) is 146 cm³/mol. The zero-order chi connectivity index (χ0) is 29.3. The number of hydrogen-bond donors (Lipinski definition) is 2. The number of hydrogen-bond acceptors (Lipinski definition) is 10. The number of carboxylic acids is 1. The van der Waals surface area contributed by atoms with Gasteiger partial charge in [0.25, 0.3) is 0 Å². The van der Waals surface area contributed by atoms with Gasteiger partial charge in [-0.3, -0.25) is 14.4 Å². The van der Waals surface area contributed by atoms with Crippen LogP contribution in [0, 0.1) is 0 Å². The molecule has 218 valence electrons. The molecular formula is C29H38N2O9. The van der Waals surface area contributed by atoms with Gasteiger partial charge in [0.1, 0.15) is 30.5 Å². The van der Waals surface area contributed by atoms with E-state index < -0.39 is 30.1 Å². The van der Waals surface area contributed by atoms with Crippen LogP contribution in [0.2, 0.25) is 0 Å². The van der Waals surface area contributed by atoms with Crippen LogP contribution >= 0.6 is 0 Å². The summed E-state index contributed by atoms with van der Waals surface area (Å²) >= 11 is 0. The lowest BCUT2D eigenvalue weighted by molar-refractivity contribution is -0.159. The fraction of sp³-hybridized carbons (Fsp3) is 0.448. The van der Waals surface area contributed by atoms with Crippen LogP contribution < -0.4 is 15.0 Å². The Hall–Kier alpha value is -3.96. The second-order valence-corrected chi connectivity index (χ2v) is 9.41. The van der Waals surface area contributed by atoms with Gasteiger partial charge in [-0.1, -0.05) is 30.3 Å². The Kier molecular flexibility index (Phi) is 14.2. The number of methoxy groups -OCH3 is 1. The molecule has 0 radical (unpaired) electrons. The third kappa shape index (κ3) is 12.7. The minimum Gasteiger partial charge on any atom is -0.497 e. The number of carbonyl (C=O) groups is 4. The molecule has 2 aromatic carbocycles. The first kappa shape index (κ1) is 32.3. The van der Waals surface area contributed by atoms with Crippen LogP contribution in [-0.2, 0) is 41.6 Å². The Balaban J connectivity index is 1.86. The standard InChI is InChI=1S/C29H38N2O9/c1-31(2)18-25(39-28(35)15-16-29(36)40-30-23(19-32)13-14-27(33)34)20-38-26-10-5-4-8-22(26)12-11-21-7-6-9-24(17-21)37-3/h4-10,17,19,23,25,30H,11-16,18,20H2,1-3H3,(H,33,34)/t23-,25?/m0/s1. The van der Waals surface area contributed by atoms with E-state index in [2.05, 4.69) is 5.48 Å². The lowest BCUT2D eigenvalue weighted by Gasteiger charge is -2.22. The van der Waals surface area contributed by atoms with E-state index in [1.54, 1.807) is 7.11 Å². The summed E-state index contributed by atoms with van der Waals surface area (Å²) in [4.78, 5) is 52.6. The van der Waals surface area contributed by atoms with Gasteiger partial charge in [-0.15, -0.1) is 5.48 Å². The number of hydroxylamine groups is 1. The van der Waals surface area contributed by atoms with E-state index in [0.717, 1.165) is 29.7 Å². The monoisotopic (exact) mass is 558 g/mol. The van der Waals surface area contributed by atoms with Gasteiger partial charge in [-0.05, 0) is 62.7 Å².